The fourth-order valence-electron chi connectivity index (χ4n) is 2.90. The predicted octanol–water partition coefficient (Wildman–Crippen LogP) is 4.73. The molecule has 0 atom stereocenters. The van der Waals surface area contributed by atoms with E-state index in [4.69, 9.17) is 16.3 Å². The van der Waals surface area contributed by atoms with Crippen LogP contribution in [0.2, 0.25) is 5.02 Å². The van der Waals surface area contributed by atoms with Gasteiger partial charge in [-0.3, -0.25) is 14.2 Å². The molecule has 3 aromatic rings. The zero-order chi connectivity index (χ0) is 22.4. The fraction of sp³-hybridized carbons (Fsp3) is 0.318. The summed E-state index contributed by atoms with van der Waals surface area (Å²) in [6.45, 7) is 4.86. The SMILES string of the molecule is CC(C)OCCCn1c(SCC(=O)Nc2ccc(F)c(Cl)c2)nc2ccccc2c1=O. The molecule has 0 aliphatic heterocycles. The number of amides is 1. The van der Waals surface area contributed by atoms with E-state index in [1.165, 1.54) is 30.0 Å². The van der Waals surface area contributed by atoms with E-state index in [1.54, 1.807) is 22.8 Å². The van der Waals surface area contributed by atoms with Gasteiger partial charge in [0.2, 0.25) is 5.91 Å². The molecular formula is C22H23ClFN3O3S. The Morgan fingerprint density at radius 3 is 2.81 bits per heavy atom. The van der Waals surface area contributed by atoms with Crippen LogP contribution in [0.4, 0.5) is 10.1 Å². The molecule has 164 valence electrons. The zero-order valence-corrected chi connectivity index (χ0v) is 18.8. The second kappa shape index (κ2) is 10.7. The molecule has 3 rings (SSSR count). The Bertz CT molecular complexity index is 1140. The third-order valence-corrected chi connectivity index (χ3v) is 5.61. The van der Waals surface area contributed by atoms with E-state index in [0.717, 1.165) is 0 Å². The minimum Gasteiger partial charge on any atom is -0.379 e. The third kappa shape index (κ3) is 6.29. The first-order valence-electron chi connectivity index (χ1n) is 9.84. The number of nitrogens with one attached hydrogen (secondary N) is 1. The van der Waals surface area contributed by atoms with Crippen LogP contribution in [0.1, 0.15) is 20.3 Å². The Morgan fingerprint density at radius 1 is 1.29 bits per heavy atom. The fourth-order valence-corrected chi connectivity index (χ4v) is 3.90. The Kier molecular flexibility index (Phi) is 8.06. The number of thioether (sulfide) groups is 1. The number of aromatic nitrogens is 2. The topological polar surface area (TPSA) is 73.2 Å². The van der Waals surface area contributed by atoms with Crippen LogP contribution in [0.25, 0.3) is 10.9 Å². The highest BCUT2D eigenvalue weighted by molar-refractivity contribution is 7.99. The van der Waals surface area contributed by atoms with Crippen LogP contribution in [0.5, 0.6) is 0 Å². The number of ether oxygens (including phenoxy) is 1. The van der Waals surface area contributed by atoms with Gasteiger partial charge >= 0.3 is 0 Å². The van der Waals surface area contributed by atoms with E-state index in [2.05, 4.69) is 10.3 Å². The smallest absolute Gasteiger partial charge is 0.262 e. The first-order chi connectivity index (χ1) is 14.8. The molecule has 31 heavy (non-hydrogen) atoms. The lowest BCUT2D eigenvalue weighted by molar-refractivity contribution is -0.113. The number of fused-ring (bicyclic) bond motifs is 1. The summed E-state index contributed by atoms with van der Waals surface area (Å²) in [5.41, 5.74) is 0.825. The Morgan fingerprint density at radius 2 is 2.06 bits per heavy atom. The van der Waals surface area contributed by atoms with Gasteiger partial charge in [0.1, 0.15) is 5.82 Å². The van der Waals surface area contributed by atoms with Crippen LogP contribution in [0.15, 0.2) is 52.4 Å². The van der Waals surface area contributed by atoms with Gasteiger partial charge in [0.05, 0.1) is 27.8 Å². The second-order valence-corrected chi connectivity index (χ2v) is 8.46. The lowest BCUT2D eigenvalue weighted by atomic mass is 10.2. The van der Waals surface area contributed by atoms with Gasteiger partial charge in [0.15, 0.2) is 5.16 Å². The molecule has 1 aromatic heterocycles. The van der Waals surface area contributed by atoms with Crippen LogP contribution >= 0.6 is 23.4 Å². The van der Waals surface area contributed by atoms with E-state index in [1.807, 2.05) is 19.9 Å². The summed E-state index contributed by atoms with van der Waals surface area (Å²) in [7, 11) is 0. The molecule has 1 amide bonds. The van der Waals surface area contributed by atoms with E-state index < -0.39 is 5.82 Å². The van der Waals surface area contributed by atoms with Gasteiger partial charge in [0, 0.05) is 18.8 Å². The van der Waals surface area contributed by atoms with Crippen molar-refractivity contribution in [2.24, 2.45) is 0 Å². The standard InChI is InChI=1S/C22H23ClFN3O3S/c1-14(2)30-11-5-10-27-21(29)16-6-3-4-7-19(16)26-22(27)31-13-20(28)25-15-8-9-18(24)17(23)12-15/h3-4,6-9,12,14H,5,10-11,13H2,1-2H3,(H,25,28). The van der Waals surface area contributed by atoms with E-state index >= 15 is 0 Å². The minimum absolute atomic E-state index is 0.0300. The summed E-state index contributed by atoms with van der Waals surface area (Å²) >= 11 is 6.92. The van der Waals surface area contributed by atoms with Crippen molar-refractivity contribution in [2.45, 2.75) is 38.1 Å². The largest absolute Gasteiger partial charge is 0.379 e. The lowest BCUT2D eigenvalue weighted by Gasteiger charge is -2.14. The highest BCUT2D eigenvalue weighted by atomic mass is 35.5. The molecule has 9 heteroatoms. The summed E-state index contributed by atoms with van der Waals surface area (Å²) in [5, 5.41) is 3.59. The Hall–Kier alpha value is -2.42. The van der Waals surface area contributed by atoms with Crippen molar-refractivity contribution in [3.63, 3.8) is 0 Å². The average molecular weight is 464 g/mol. The predicted molar refractivity (Wildman–Crippen MR) is 122 cm³/mol. The first kappa shape index (κ1) is 23.2. The van der Waals surface area contributed by atoms with Crippen molar-refractivity contribution in [3.05, 3.63) is 63.7 Å². The number of para-hydroxylation sites is 1. The van der Waals surface area contributed by atoms with Crippen LogP contribution in [-0.4, -0.2) is 33.9 Å². The summed E-state index contributed by atoms with van der Waals surface area (Å²) < 4.78 is 20.4. The molecule has 2 aromatic carbocycles. The van der Waals surface area contributed by atoms with Crippen LogP contribution in [0.3, 0.4) is 0 Å². The lowest BCUT2D eigenvalue weighted by Crippen LogP contribution is -2.25. The van der Waals surface area contributed by atoms with Crippen LogP contribution in [0, 0.1) is 5.82 Å². The Labute approximate surface area is 188 Å². The third-order valence-electron chi connectivity index (χ3n) is 4.34. The zero-order valence-electron chi connectivity index (χ0n) is 17.2. The van der Waals surface area contributed by atoms with Crippen molar-refractivity contribution < 1.29 is 13.9 Å². The molecule has 0 spiro atoms. The summed E-state index contributed by atoms with van der Waals surface area (Å²) in [4.78, 5) is 30.0. The van der Waals surface area contributed by atoms with Gasteiger partial charge in [0.25, 0.3) is 5.56 Å². The van der Waals surface area contributed by atoms with Crippen molar-refractivity contribution in [2.75, 3.05) is 17.7 Å². The van der Waals surface area contributed by atoms with Gasteiger partial charge in [-0.15, -0.1) is 0 Å². The number of benzene rings is 2. The normalized spacial score (nSPS) is 11.3. The maximum atomic E-state index is 13.3. The van der Waals surface area contributed by atoms with Gasteiger partial charge < -0.3 is 10.1 Å². The second-order valence-electron chi connectivity index (χ2n) is 7.11. The maximum absolute atomic E-state index is 13.3. The number of nitrogens with zero attached hydrogens (tertiary/aromatic N) is 2. The molecule has 0 saturated carbocycles. The van der Waals surface area contributed by atoms with E-state index in [9.17, 15) is 14.0 Å². The quantitative estimate of drug-likeness (QED) is 0.282. The maximum Gasteiger partial charge on any atom is 0.262 e. The molecule has 0 unspecified atom stereocenters. The number of carbonyl (C=O) groups is 1. The molecule has 0 fully saturated rings. The number of hydrogen-bond acceptors (Lipinski definition) is 5. The molecule has 6 nitrogen and oxygen atoms in total. The average Bonchev–Trinajstić information content (AvgIpc) is 2.73. The molecule has 0 aliphatic carbocycles. The molecular weight excluding hydrogens is 441 g/mol. The van der Waals surface area contributed by atoms with Crippen molar-refractivity contribution in [1.29, 1.82) is 0 Å². The number of rotatable bonds is 9. The number of hydrogen-bond donors (Lipinski definition) is 1. The van der Waals surface area contributed by atoms with Crippen LogP contribution in [-0.2, 0) is 16.1 Å². The number of halogens is 2. The highest BCUT2D eigenvalue weighted by Gasteiger charge is 2.14. The molecule has 0 bridgehead atoms. The molecule has 0 saturated heterocycles. The highest BCUT2D eigenvalue weighted by Crippen LogP contribution is 2.21. The monoisotopic (exact) mass is 463 g/mol. The summed E-state index contributed by atoms with van der Waals surface area (Å²) in [6, 6.07) is 11.1. The molecule has 1 N–H and O–H groups in total. The first-order valence-corrected chi connectivity index (χ1v) is 11.2. The number of carbonyl (C=O) groups excluding carboxylic acids is 1. The van der Waals surface area contributed by atoms with Gasteiger partial charge in [-0.05, 0) is 50.6 Å². The molecule has 0 radical (unpaired) electrons. The van der Waals surface area contributed by atoms with Crippen LogP contribution < -0.4 is 10.9 Å². The Balaban J connectivity index is 1.75. The van der Waals surface area contributed by atoms with Crippen molar-refractivity contribution in [3.8, 4) is 0 Å². The van der Waals surface area contributed by atoms with E-state index in [0.29, 0.717) is 41.3 Å². The van der Waals surface area contributed by atoms with Crippen molar-refractivity contribution in [1.82, 2.24) is 9.55 Å². The summed E-state index contributed by atoms with van der Waals surface area (Å²) in [6.07, 6.45) is 0.760. The minimum atomic E-state index is -0.556. The summed E-state index contributed by atoms with van der Waals surface area (Å²) in [5.74, 6) is -0.841. The van der Waals surface area contributed by atoms with E-state index in [-0.39, 0.29) is 28.3 Å². The number of anilines is 1. The van der Waals surface area contributed by atoms with Crippen molar-refractivity contribution >= 4 is 45.9 Å². The molecule has 0 aliphatic rings. The van der Waals surface area contributed by atoms with Gasteiger partial charge in [-0.1, -0.05) is 35.5 Å². The molecule has 1 heterocycles. The van der Waals surface area contributed by atoms with Gasteiger partial charge in [-0.25, -0.2) is 9.37 Å². The van der Waals surface area contributed by atoms with Gasteiger partial charge in [-0.2, -0.15) is 0 Å².